The molecule has 0 aromatic heterocycles. The molecule has 3 fully saturated rings. The highest BCUT2D eigenvalue weighted by Gasteiger charge is 2.77. The molecular weight excluding hydrogens is 446 g/mol. The van der Waals surface area contributed by atoms with Crippen molar-refractivity contribution in [1.82, 2.24) is 10.2 Å². The molecule has 4 rings (SSSR count). The molecule has 1 aromatic carbocycles. The Balaban J connectivity index is 1.66. The predicted molar refractivity (Wildman–Crippen MR) is 124 cm³/mol. The number of halogens is 1. The van der Waals surface area contributed by atoms with Gasteiger partial charge >= 0.3 is 0 Å². The maximum Gasteiger partial charge on any atom is 0.250 e. The number of hydrogen-bond acceptors (Lipinski definition) is 5. The predicted octanol–water partition coefficient (Wildman–Crippen LogP) is 2.34. The third-order valence-electron chi connectivity index (χ3n) is 7.49. The van der Waals surface area contributed by atoms with Crippen LogP contribution >= 0.6 is 11.6 Å². The molecule has 0 aliphatic carbocycles. The summed E-state index contributed by atoms with van der Waals surface area (Å²) < 4.78 is 6.50. The Kier molecular flexibility index (Phi) is 6.71. The topological polar surface area (TPSA) is 108 Å². The van der Waals surface area contributed by atoms with Gasteiger partial charge in [-0.1, -0.05) is 36.6 Å². The van der Waals surface area contributed by atoms with E-state index in [4.69, 9.17) is 21.4 Å². The number of nitrogens with zero attached hydrogens (tertiary/aromatic N) is 1. The van der Waals surface area contributed by atoms with Crippen LogP contribution < -0.4 is 10.6 Å². The number of nitrogens with one attached hydrogen (secondary N) is 2. The van der Waals surface area contributed by atoms with E-state index in [0.717, 1.165) is 12.8 Å². The van der Waals surface area contributed by atoms with Crippen molar-refractivity contribution in [1.29, 1.82) is 0 Å². The third kappa shape index (κ3) is 3.92. The highest BCUT2D eigenvalue weighted by Crippen LogP contribution is 2.63. The lowest BCUT2D eigenvalue weighted by Gasteiger charge is -2.33. The van der Waals surface area contributed by atoms with Crippen LogP contribution in [0.2, 0.25) is 5.02 Å². The molecule has 3 heterocycles. The number of amides is 3. The van der Waals surface area contributed by atoms with Gasteiger partial charge in [0.1, 0.15) is 11.6 Å². The van der Waals surface area contributed by atoms with Gasteiger partial charge in [0.05, 0.1) is 28.1 Å². The van der Waals surface area contributed by atoms with Crippen LogP contribution in [0.15, 0.2) is 24.3 Å². The molecule has 1 spiro atoms. The Labute approximate surface area is 199 Å². The minimum Gasteiger partial charge on any atom is -0.396 e. The zero-order chi connectivity index (χ0) is 23.8. The van der Waals surface area contributed by atoms with Gasteiger partial charge in [-0.3, -0.25) is 14.4 Å². The van der Waals surface area contributed by atoms with Crippen LogP contribution in [0.3, 0.4) is 0 Å². The Hall–Kier alpha value is -2.16. The molecule has 2 unspecified atom stereocenters. The average molecular weight is 478 g/mol. The summed E-state index contributed by atoms with van der Waals surface area (Å²) in [5, 5.41) is 15.0. The first-order valence-corrected chi connectivity index (χ1v) is 12.1. The van der Waals surface area contributed by atoms with Gasteiger partial charge < -0.3 is 25.4 Å². The molecule has 0 radical (unpaired) electrons. The summed E-state index contributed by atoms with van der Waals surface area (Å²) in [5.41, 5.74) is -1.35. The summed E-state index contributed by atoms with van der Waals surface area (Å²) in [6.07, 6.45) is 4.23. The number of unbranched alkanes of at least 4 members (excludes halogenated alkanes) is 3. The standard InChI is InChI=1S/C24H32ClN3O5/c1-23-11-12-24(33-23)18(17(23)20(30)26-2)22(32)28(13-7-3-4-8-14-29)19(24)21(31)27-16-10-6-5-9-15(16)25/h5-6,9-10,17-19,29H,3-4,7-8,11-14H2,1-2H3,(H,26,30)(H,27,31)/t17-,18+,19?,23+,24?/m1/s1. The molecular formula is C24H32ClN3O5. The molecule has 3 saturated heterocycles. The summed E-state index contributed by atoms with van der Waals surface area (Å²) in [4.78, 5) is 41.8. The molecule has 9 heteroatoms. The van der Waals surface area contributed by atoms with Crippen LogP contribution in [0.25, 0.3) is 0 Å². The van der Waals surface area contributed by atoms with Crippen molar-refractivity contribution in [3.05, 3.63) is 29.3 Å². The number of aliphatic hydroxyl groups is 1. The van der Waals surface area contributed by atoms with Gasteiger partial charge in [-0.25, -0.2) is 0 Å². The molecule has 3 aliphatic rings. The normalized spacial score (nSPS) is 32.2. The van der Waals surface area contributed by atoms with Crippen LogP contribution in [-0.4, -0.2) is 65.2 Å². The first kappa shape index (κ1) is 24.0. The van der Waals surface area contributed by atoms with E-state index < -0.39 is 29.1 Å². The molecule has 180 valence electrons. The fourth-order valence-corrected chi connectivity index (χ4v) is 6.22. The second-order valence-corrected chi connectivity index (χ2v) is 9.89. The summed E-state index contributed by atoms with van der Waals surface area (Å²) in [6, 6.07) is 6.12. The molecule has 33 heavy (non-hydrogen) atoms. The fraction of sp³-hybridized carbons (Fsp3) is 0.625. The van der Waals surface area contributed by atoms with Crippen LogP contribution in [0, 0.1) is 11.8 Å². The maximum atomic E-state index is 13.7. The van der Waals surface area contributed by atoms with Gasteiger partial charge in [-0.15, -0.1) is 0 Å². The number of aliphatic hydroxyl groups excluding tert-OH is 1. The van der Waals surface area contributed by atoms with Gasteiger partial charge in [0.15, 0.2) is 0 Å². The minimum absolute atomic E-state index is 0.136. The molecule has 2 bridgehead atoms. The molecule has 3 N–H and O–H groups in total. The van der Waals surface area contributed by atoms with E-state index in [1.165, 1.54) is 0 Å². The summed E-state index contributed by atoms with van der Waals surface area (Å²) in [7, 11) is 1.56. The highest BCUT2D eigenvalue weighted by molar-refractivity contribution is 6.33. The van der Waals surface area contributed by atoms with Crippen molar-refractivity contribution in [3.8, 4) is 0 Å². The van der Waals surface area contributed by atoms with Crippen molar-refractivity contribution in [2.75, 3.05) is 25.5 Å². The Morgan fingerprint density at radius 3 is 2.61 bits per heavy atom. The van der Waals surface area contributed by atoms with Crippen LogP contribution in [0.5, 0.6) is 0 Å². The third-order valence-corrected chi connectivity index (χ3v) is 7.82. The number of benzene rings is 1. The van der Waals surface area contributed by atoms with E-state index in [2.05, 4.69) is 10.6 Å². The lowest BCUT2D eigenvalue weighted by Crippen LogP contribution is -2.53. The number of ether oxygens (including phenoxy) is 1. The molecule has 1 aromatic rings. The number of para-hydroxylation sites is 1. The highest BCUT2D eigenvalue weighted by atomic mass is 35.5. The maximum absolute atomic E-state index is 13.7. The van der Waals surface area contributed by atoms with E-state index in [1.54, 1.807) is 36.2 Å². The zero-order valence-electron chi connectivity index (χ0n) is 19.1. The second kappa shape index (κ2) is 9.24. The summed E-state index contributed by atoms with van der Waals surface area (Å²) in [6.45, 7) is 2.40. The molecule has 8 nitrogen and oxygen atoms in total. The quantitative estimate of drug-likeness (QED) is 0.473. The van der Waals surface area contributed by atoms with Gasteiger partial charge in [0, 0.05) is 20.2 Å². The van der Waals surface area contributed by atoms with Crippen molar-refractivity contribution < 1.29 is 24.2 Å². The van der Waals surface area contributed by atoms with Crippen molar-refractivity contribution in [2.24, 2.45) is 11.8 Å². The van der Waals surface area contributed by atoms with E-state index in [1.807, 2.05) is 6.92 Å². The second-order valence-electron chi connectivity index (χ2n) is 9.48. The average Bonchev–Trinajstić information content (AvgIpc) is 3.35. The Morgan fingerprint density at radius 2 is 1.91 bits per heavy atom. The van der Waals surface area contributed by atoms with E-state index in [9.17, 15) is 14.4 Å². The SMILES string of the molecule is CNC(=O)[C@H]1[C@H]2C(=O)N(CCCCCCO)C(C(=O)Nc3ccccc3Cl)C23CC[C@]1(C)O3. The number of carbonyl (C=O) groups is 3. The fourth-order valence-electron chi connectivity index (χ4n) is 6.03. The van der Waals surface area contributed by atoms with Crippen molar-refractivity contribution >= 4 is 35.0 Å². The number of hydrogen-bond donors (Lipinski definition) is 3. The van der Waals surface area contributed by atoms with Gasteiger partial charge in [0.25, 0.3) is 0 Å². The van der Waals surface area contributed by atoms with E-state index in [0.29, 0.717) is 42.9 Å². The number of rotatable bonds is 9. The number of carbonyl (C=O) groups excluding carboxylic acids is 3. The van der Waals surface area contributed by atoms with Crippen molar-refractivity contribution in [3.63, 3.8) is 0 Å². The largest absolute Gasteiger partial charge is 0.396 e. The molecule has 3 aliphatic heterocycles. The van der Waals surface area contributed by atoms with Crippen LogP contribution in [-0.2, 0) is 19.1 Å². The monoisotopic (exact) mass is 477 g/mol. The Bertz CT molecular complexity index is 942. The summed E-state index contributed by atoms with van der Waals surface area (Å²) >= 11 is 6.27. The summed E-state index contributed by atoms with van der Waals surface area (Å²) in [5.74, 6) is -2.12. The zero-order valence-corrected chi connectivity index (χ0v) is 19.9. The van der Waals surface area contributed by atoms with Crippen molar-refractivity contribution in [2.45, 2.75) is 62.7 Å². The van der Waals surface area contributed by atoms with Crippen LogP contribution in [0.1, 0.15) is 45.4 Å². The first-order chi connectivity index (χ1) is 15.8. The smallest absolute Gasteiger partial charge is 0.250 e. The van der Waals surface area contributed by atoms with Gasteiger partial charge in [-0.2, -0.15) is 0 Å². The first-order valence-electron chi connectivity index (χ1n) is 11.7. The number of anilines is 1. The van der Waals surface area contributed by atoms with Gasteiger partial charge in [0.2, 0.25) is 17.7 Å². The van der Waals surface area contributed by atoms with Crippen LogP contribution in [0.4, 0.5) is 5.69 Å². The Morgan fingerprint density at radius 1 is 1.18 bits per heavy atom. The molecule has 0 saturated carbocycles. The lowest BCUT2D eigenvalue weighted by molar-refractivity contribution is -0.144. The number of fused-ring (bicyclic) bond motifs is 1. The lowest BCUT2D eigenvalue weighted by atomic mass is 9.66. The molecule has 3 amide bonds. The molecule has 5 atom stereocenters. The van der Waals surface area contributed by atoms with E-state index in [-0.39, 0.29) is 24.3 Å². The number of likely N-dealkylation sites (tertiary alicyclic amines) is 1. The minimum atomic E-state index is -1.04. The van der Waals surface area contributed by atoms with E-state index >= 15 is 0 Å². The van der Waals surface area contributed by atoms with Gasteiger partial charge in [-0.05, 0) is 44.7 Å².